The smallest absolute Gasteiger partial charge is 0.269 e. The third kappa shape index (κ3) is 3.75. The number of anilines is 1. The van der Waals surface area contributed by atoms with Crippen LogP contribution in [0, 0.1) is 27.4 Å². The molecular weight excluding hydrogens is 444 g/mol. The molecule has 0 spiro atoms. The maximum Gasteiger partial charge on any atom is 0.269 e. The molecule has 1 aliphatic carbocycles. The van der Waals surface area contributed by atoms with Crippen LogP contribution in [-0.2, 0) is 4.79 Å². The molecule has 1 aliphatic heterocycles. The van der Waals surface area contributed by atoms with Crippen LogP contribution in [0.2, 0.25) is 0 Å². The highest BCUT2D eigenvalue weighted by Gasteiger charge is 2.42. The SMILES string of the molecule is CC1CC(=O)C2=C(C1)N(c1cc(-c3ccccc3)[nH]n1)C(N)=C(C#N)C2c1ccc([N+](=O)[O-])cc1. The van der Waals surface area contributed by atoms with E-state index in [4.69, 9.17) is 5.73 Å². The number of nitrogens with one attached hydrogen (secondary N) is 1. The van der Waals surface area contributed by atoms with Gasteiger partial charge in [0.1, 0.15) is 5.82 Å². The molecule has 0 saturated carbocycles. The molecule has 2 atom stereocenters. The molecule has 1 aromatic heterocycles. The van der Waals surface area contributed by atoms with Gasteiger partial charge in [-0.05, 0) is 23.5 Å². The predicted molar refractivity (Wildman–Crippen MR) is 130 cm³/mol. The van der Waals surface area contributed by atoms with Crippen molar-refractivity contribution >= 4 is 17.3 Å². The lowest BCUT2D eigenvalue weighted by molar-refractivity contribution is -0.384. The molecule has 0 fully saturated rings. The first-order valence-electron chi connectivity index (χ1n) is 11.2. The van der Waals surface area contributed by atoms with E-state index in [1.165, 1.54) is 12.1 Å². The molecule has 9 heteroatoms. The fraction of sp³-hybridized carbons (Fsp3) is 0.192. The molecule has 35 heavy (non-hydrogen) atoms. The molecule has 2 unspecified atom stereocenters. The molecule has 3 aromatic rings. The lowest BCUT2D eigenvalue weighted by Gasteiger charge is -2.39. The number of nitro groups is 1. The summed E-state index contributed by atoms with van der Waals surface area (Å²) in [5.41, 5.74) is 10.3. The number of hydrogen-bond donors (Lipinski definition) is 2. The quantitative estimate of drug-likeness (QED) is 0.425. The van der Waals surface area contributed by atoms with Gasteiger partial charge in [0.25, 0.3) is 5.69 Å². The topological polar surface area (TPSA) is 142 Å². The molecular formula is C26H22N6O3. The second-order valence-electron chi connectivity index (χ2n) is 8.83. The van der Waals surface area contributed by atoms with Gasteiger partial charge < -0.3 is 5.73 Å². The highest BCUT2D eigenvalue weighted by molar-refractivity contribution is 6.01. The molecule has 5 rings (SSSR count). The Morgan fingerprint density at radius 2 is 1.89 bits per heavy atom. The fourth-order valence-electron chi connectivity index (χ4n) is 4.89. The minimum absolute atomic E-state index is 0.0637. The maximum atomic E-state index is 13.4. The average molecular weight is 467 g/mol. The van der Waals surface area contributed by atoms with Gasteiger partial charge in [-0.2, -0.15) is 10.4 Å². The number of hydrogen-bond acceptors (Lipinski definition) is 7. The second kappa shape index (κ2) is 8.57. The van der Waals surface area contributed by atoms with Gasteiger partial charge in [-0.25, -0.2) is 0 Å². The van der Waals surface area contributed by atoms with Crippen LogP contribution in [0.1, 0.15) is 31.2 Å². The molecule has 2 aliphatic rings. The molecule has 2 aromatic carbocycles. The summed E-state index contributed by atoms with van der Waals surface area (Å²) in [4.78, 5) is 25.7. The molecule has 174 valence electrons. The first-order valence-corrected chi connectivity index (χ1v) is 11.2. The van der Waals surface area contributed by atoms with Gasteiger partial charge in [0.05, 0.1) is 28.2 Å². The molecule has 3 N–H and O–H groups in total. The van der Waals surface area contributed by atoms with Crippen LogP contribution < -0.4 is 10.6 Å². The van der Waals surface area contributed by atoms with Gasteiger partial charge in [0.15, 0.2) is 11.6 Å². The van der Waals surface area contributed by atoms with E-state index in [0.29, 0.717) is 35.5 Å². The summed E-state index contributed by atoms with van der Waals surface area (Å²) in [5, 5.41) is 28.7. The van der Waals surface area contributed by atoms with Crippen LogP contribution in [0.15, 0.2) is 83.3 Å². The monoisotopic (exact) mass is 466 g/mol. The van der Waals surface area contributed by atoms with E-state index in [2.05, 4.69) is 16.3 Å². The van der Waals surface area contributed by atoms with Crippen LogP contribution in [0.5, 0.6) is 0 Å². The number of aromatic nitrogens is 2. The third-order valence-corrected chi connectivity index (χ3v) is 6.49. The molecule has 0 saturated heterocycles. The third-order valence-electron chi connectivity index (χ3n) is 6.49. The Kier molecular flexibility index (Phi) is 5.41. The minimum atomic E-state index is -0.695. The lowest BCUT2D eigenvalue weighted by atomic mass is 9.73. The van der Waals surface area contributed by atoms with Gasteiger partial charge in [-0.3, -0.25) is 24.9 Å². The number of Topliss-reactive ketones (excluding diaryl/α,β-unsaturated/α-hetero) is 1. The number of allylic oxidation sites excluding steroid dienone is 3. The molecule has 9 nitrogen and oxygen atoms in total. The van der Waals surface area contributed by atoms with Crippen LogP contribution in [0.25, 0.3) is 11.3 Å². The van der Waals surface area contributed by atoms with Crippen LogP contribution in [0.4, 0.5) is 11.5 Å². The van der Waals surface area contributed by atoms with Gasteiger partial charge in [-0.1, -0.05) is 49.4 Å². The predicted octanol–water partition coefficient (Wildman–Crippen LogP) is 4.54. The van der Waals surface area contributed by atoms with Crippen molar-refractivity contribution in [1.29, 1.82) is 5.26 Å². The number of carbonyl (C=O) groups excluding carboxylic acids is 1. The van der Waals surface area contributed by atoms with Crippen molar-refractivity contribution in [2.24, 2.45) is 11.7 Å². The Labute approximate surface area is 201 Å². The maximum absolute atomic E-state index is 13.4. The minimum Gasteiger partial charge on any atom is -0.384 e. The van der Waals surface area contributed by atoms with Crippen molar-refractivity contribution in [2.45, 2.75) is 25.7 Å². The number of carbonyl (C=O) groups is 1. The number of nitrogens with two attached hydrogens (primary N) is 1. The number of benzene rings is 2. The number of rotatable bonds is 4. The Morgan fingerprint density at radius 1 is 1.17 bits per heavy atom. The van der Waals surface area contributed by atoms with E-state index < -0.39 is 10.8 Å². The summed E-state index contributed by atoms with van der Waals surface area (Å²) < 4.78 is 0. The fourth-order valence-corrected chi connectivity index (χ4v) is 4.89. The highest BCUT2D eigenvalue weighted by atomic mass is 16.6. The van der Waals surface area contributed by atoms with E-state index in [0.717, 1.165) is 11.3 Å². The Bertz CT molecular complexity index is 1430. The largest absolute Gasteiger partial charge is 0.384 e. The van der Waals surface area contributed by atoms with Crippen LogP contribution >= 0.6 is 0 Å². The Morgan fingerprint density at radius 3 is 2.54 bits per heavy atom. The zero-order valence-corrected chi connectivity index (χ0v) is 18.9. The van der Waals surface area contributed by atoms with Gasteiger partial charge in [-0.15, -0.1) is 0 Å². The van der Waals surface area contributed by atoms with E-state index in [9.17, 15) is 20.2 Å². The van der Waals surface area contributed by atoms with Crippen molar-refractivity contribution in [3.05, 3.63) is 99.0 Å². The molecule has 0 radical (unpaired) electrons. The normalized spacial score (nSPS) is 20.0. The average Bonchev–Trinajstić information content (AvgIpc) is 3.33. The zero-order chi connectivity index (χ0) is 24.7. The van der Waals surface area contributed by atoms with E-state index in [1.807, 2.05) is 43.3 Å². The summed E-state index contributed by atoms with van der Waals surface area (Å²) in [7, 11) is 0. The van der Waals surface area contributed by atoms with E-state index in [1.54, 1.807) is 17.0 Å². The number of non-ortho nitro benzene ring substituents is 1. The summed E-state index contributed by atoms with van der Waals surface area (Å²) >= 11 is 0. The number of nitrogens with zero attached hydrogens (tertiary/aromatic N) is 4. The second-order valence-corrected chi connectivity index (χ2v) is 8.83. The standard InChI is InChI=1S/C26H22N6O3/c1-15-11-21-25(22(33)12-15)24(17-7-9-18(10-8-17)32(34)35)19(14-27)26(28)31(21)23-13-20(29-30-23)16-5-3-2-4-6-16/h2-10,13,15,24H,11-12,28H2,1H3,(H,29,30). The summed E-state index contributed by atoms with van der Waals surface area (Å²) in [6.45, 7) is 2.00. The van der Waals surface area contributed by atoms with Crippen LogP contribution in [0.3, 0.4) is 0 Å². The number of ketones is 1. The van der Waals surface area contributed by atoms with Gasteiger partial charge >= 0.3 is 0 Å². The van der Waals surface area contributed by atoms with Crippen molar-refractivity contribution in [2.75, 3.05) is 4.90 Å². The first-order chi connectivity index (χ1) is 16.9. The van der Waals surface area contributed by atoms with Crippen molar-refractivity contribution in [3.63, 3.8) is 0 Å². The summed E-state index contributed by atoms with van der Waals surface area (Å²) in [5.74, 6) is 0.0178. The highest BCUT2D eigenvalue weighted by Crippen LogP contribution is 2.47. The Hall–Kier alpha value is -4.71. The molecule has 0 bridgehead atoms. The van der Waals surface area contributed by atoms with Crippen molar-refractivity contribution in [3.8, 4) is 17.3 Å². The van der Waals surface area contributed by atoms with Gasteiger partial charge in [0.2, 0.25) is 0 Å². The number of nitro benzene ring substituents is 1. The lowest BCUT2D eigenvalue weighted by Crippen LogP contribution is -2.40. The number of nitriles is 1. The zero-order valence-electron chi connectivity index (χ0n) is 18.9. The molecule has 2 heterocycles. The van der Waals surface area contributed by atoms with E-state index >= 15 is 0 Å². The molecule has 0 amide bonds. The summed E-state index contributed by atoms with van der Waals surface area (Å²) in [6.07, 6.45) is 0.933. The summed E-state index contributed by atoms with van der Waals surface area (Å²) in [6, 6.07) is 19.7. The van der Waals surface area contributed by atoms with Gasteiger partial charge in [0, 0.05) is 35.9 Å². The van der Waals surface area contributed by atoms with E-state index in [-0.39, 0.29) is 28.8 Å². The number of H-pyrrole nitrogens is 1. The Balaban J connectivity index is 1.67. The van der Waals surface area contributed by atoms with Crippen LogP contribution in [-0.4, -0.2) is 20.9 Å². The van der Waals surface area contributed by atoms with Crippen molar-refractivity contribution in [1.82, 2.24) is 10.2 Å². The van der Waals surface area contributed by atoms with Crippen molar-refractivity contribution < 1.29 is 9.72 Å². The number of aromatic amines is 1. The first kappa shape index (κ1) is 22.1.